The molecule has 2 aromatic rings. The maximum atomic E-state index is 11.4. The lowest BCUT2D eigenvalue weighted by Crippen LogP contribution is -2.07. The molecule has 4 nitrogen and oxygen atoms in total. The minimum absolute atomic E-state index is 0.0244. The Labute approximate surface area is 111 Å². The average molecular weight is 257 g/mol. The zero-order valence-electron chi connectivity index (χ0n) is 10.7. The molecule has 0 atom stereocenters. The van der Waals surface area contributed by atoms with Crippen molar-refractivity contribution in [2.75, 3.05) is 6.61 Å². The second-order valence-corrected chi connectivity index (χ2v) is 4.30. The Balaban J connectivity index is 2.07. The SMILES string of the molecule is C=C(C)C(=O)CCOc1ccc2cccc(O)c2n1. The molecule has 0 spiro atoms. The van der Waals surface area contributed by atoms with Gasteiger partial charge >= 0.3 is 0 Å². The van der Waals surface area contributed by atoms with Crippen LogP contribution in [-0.4, -0.2) is 22.5 Å². The number of benzene rings is 1. The fourth-order valence-corrected chi connectivity index (χ4v) is 1.66. The van der Waals surface area contributed by atoms with E-state index in [-0.39, 0.29) is 24.6 Å². The second-order valence-electron chi connectivity index (χ2n) is 4.30. The average Bonchev–Trinajstić information content (AvgIpc) is 2.39. The van der Waals surface area contributed by atoms with Gasteiger partial charge in [0.05, 0.1) is 6.61 Å². The molecule has 1 aromatic heterocycles. The molecule has 4 heteroatoms. The van der Waals surface area contributed by atoms with Gasteiger partial charge in [0.1, 0.15) is 11.3 Å². The Hall–Kier alpha value is -2.36. The minimum atomic E-state index is -0.0244. The topological polar surface area (TPSA) is 59.4 Å². The Bertz CT molecular complexity index is 634. The molecular formula is C15H15NO3. The van der Waals surface area contributed by atoms with Gasteiger partial charge in [-0.15, -0.1) is 0 Å². The molecule has 98 valence electrons. The monoisotopic (exact) mass is 257 g/mol. The number of phenols is 1. The smallest absolute Gasteiger partial charge is 0.213 e. The highest BCUT2D eigenvalue weighted by Crippen LogP contribution is 2.24. The molecular weight excluding hydrogens is 242 g/mol. The summed E-state index contributed by atoms with van der Waals surface area (Å²) in [7, 11) is 0. The van der Waals surface area contributed by atoms with Crippen molar-refractivity contribution in [3.05, 3.63) is 42.5 Å². The van der Waals surface area contributed by atoms with Crippen molar-refractivity contribution in [2.24, 2.45) is 0 Å². The number of aromatic nitrogens is 1. The van der Waals surface area contributed by atoms with Gasteiger partial charge in [0.2, 0.25) is 5.88 Å². The predicted molar refractivity (Wildman–Crippen MR) is 73.3 cm³/mol. The van der Waals surface area contributed by atoms with E-state index in [1.165, 1.54) is 0 Å². The summed E-state index contributed by atoms with van der Waals surface area (Å²) in [6.45, 7) is 5.50. The highest BCUT2D eigenvalue weighted by atomic mass is 16.5. The van der Waals surface area contributed by atoms with Crippen LogP contribution in [0.1, 0.15) is 13.3 Å². The zero-order valence-corrected chi connectivity index (χ0v) is 10.7. The van der Waals surface area contributed by atoms with Crippen molar-refractivity contribution in [1.29, 1.82) is 0 Å². The van der Waals surface area contributed by atoms with Crippen LogP contribution in [-0.2, 0) is 4.79 Å². The fourth-order valence-electron chi connectivity index (χ4n) is 1.66. The van der Waals surface area contributed by atoms with Crippen LogP contribution in [0.4, 0.5) is 0 Å². The number of hydrogen-bond donors (Lipinski definition) is 1. The third-order valence-electron chi connectivity index (χ3n) is 2.73. The molecule has 19 heavy (non-hydrogen) atoms. The zero-order chi connectivity index (χ0) is 13.8. The lowest BCUT2D eigenvalue weighted by atomic mass is 10.2. The number of phenolic OH excluding ortho intramolecular Hbond substituents is 1. The summed E-state index contributed by atoms with van der Waals surface area (Å²) in [4.78, 5) is 15.6. The third-order valence-corrected chi connectivity index (χ3v) is 2.73. The van der Waals surface area contributed by atoms with Crippen molar-refractivity contribution in [2.45, 2.75) is 13.3 Å². The van der Waals surface area contributed by atoms with E-state index in [0.29, 0.717) is 17.0 Å². The van der Waals surface area contributed by atoms with E-state index in [9.17, 15) is 9.90 Å². The van der Waals surface area contributed by atoms with E-state index in [0.717, 1.165) is 5.39 Å². The molecule has 2 rings (SSSR count). The molecule has 0 aliphatic carbocycles. The normalized spacial score (nSPS) is 10.4. The molecule has 1 heterocycles. The number of aromatic hydroxyl groups is 1. The second kappa shape index (κ2) is 5.52. The van der Waals surface area contributed by atoms with Crippen LogP contribution in [0.25, 0.3) is 10.9 Å². The Morgan fingerprint density at radius 3 is 2.89 bits per heavy atom. The molecule has 0 unspecified atom stereocenters. The van der Waals surface area contributed by atoms with E-state index >= 15 is 0 Å². The van der Waals surface area contributed by atoms with Gasteiger partial charge < -0.3 is 9.84 Å². The summed E-state index contributed by atoms with van der Waals surface area (Å²) >= 11 is 0. The Kier molecular flexibility index (Phi) is 3.80. The van der Waals surface area contributed by atoms with Crippen molar-refractivity contribution in [3.8, 4) is 11.6 Å². The minimum Gasteiger partial charge on any atom is -0.506 e. The number of ketones is 1. The first-order valence-electron chi connectivity index (χ1n) is 5.98. The molecule has 1 aromatic carbocycles. The van der Waals surface area contributed by atoms with Gasteiger partial charge in [-0.2, -0.15) is 0 Å². The lowest BCUT2D eigenvalue weighted by Gasteiger charge is -2.06. The van der Waals surface area contributed by atoms with E-state index in [1.807, 2.05) is 12.1 Å². The summed E-state index contributed by atoms with van der Waals surface area (Å²) in [5.41, 5.74) is 1.01. The number of Topliss-reactive ketones (excluding diaryl/α,β-unsaturated/α-hetero) is 1. The molecule has 0 radical (unpaired) electrons. The maximum absolute atomic E-state index is 11.4. The van der Waals surface area contributed by atoms with Gasteiger partial charge in [-0.3, -0.25) is 4.79 Å². The summed E-state index contributed by atoms with van der Waals surface area (Å²) in [5, 5.41) is 10.5. The van der Waals surface area contributed by atoms with Crippen molar-refractivity contribution in [1.82, 2.24) is 4.98 Å². The van der Waals surface area contributed by atoms with Crippen molar-refractivity contribution >= 4 is 16.7 Å². The fraction of sp³-hybridized carbons (Fsp3) is 0.200. The van der Waals surface area contributed by atoms with Crippen LogP contribution in [0.2, 0.25) is 0 Å². The Morgan fingerprint density at radius 1 is 1.37 bits per heavy atom. The maximum Gasteiger partial charge on any atom is 0.213 e. The molecule has 0 aliphatic heterocycles. The number of carbonyl (C=O) groups excluding carboxylic acids is 1. The molecule has 0 amide bonds. The molecule has 0 aliphatic rings. The van der Waals surface area contributed by atoms with E-state index in [2.05, 4.69) is 11.6 Å². The predicted octanol–water partition coefficient (Wildman–Crippen LogP) is 2.85. The van der Waals surface area contributed by atoms with Crippen molar-refractivity contribution < 1.29 is 14.6 Å². The number of hydrogen-bond acceptors (Lipinski definition) is 4. The Morgan fingerprint density at radius 2 is 2.16 bits per heavy atom. The van der Waals surface area contributed by atoms with Gasteiger partial charge in [-0.1, -0.05) is 18.7 Å². The van der Waals surface area contributed by atoms with E-state index in [4.69, 9.17) is 4.74 Å². The van der Waals surface area contributed by atoms with Crippen LogP contribution >= 0.6 is 0 Å². The largest absolute Gasteiger partial charge is 0.506 e. The summed E-state index contributed by atoms with van der Waals surface area (Å²) < 4.78 is 5.41. The first-order chi connectivity index (χ1) is 9.08. The summed E-state index contributed by atoms with van der Waals surface area (Å²) in [6, 6.07) is 8.72. The van der Waals surface area contributed by atoms with E-state index < -0.39 is 0 Å². The van der Waals surface area contributed by atoms with Gasteiger partial charge in [0.25, 0.3) is 0 Å². The van der Waals surface area contributed by atoms with Crippen LogP contribution < -0.4 is 4.74 Å². The third kappa shape index (κ3) is 3.10. The van der Waals surface area contributed by atoms with Crippen LogP contribution in [0, 0.1) is 0 Å². The number of allylic oxidation sites excluding steroid dienone is 1. The van der Waals surface area contributed by atoms with Crippen LogP contribution in [0.5, 0.6) is 11.6 Å². The quantitative estimate of drug-likeness (QED) is 0.837. The first-order valence-corrected chi connectivity index (χ1v) is 5.98. The summed E-state index contributed by atoms with van der Waals surface area (Å²) in [6.07, 6.45) is 0.274. The molecule has 0 fully saturated rings. The van der Waals surface area contributed by atoms with Gasteiger partial charge in [-0.25, -0.2) is 4.98 Å². The van der Waals surface area contributed by atoms with Gasteiger partial charge in [-0.05, 0) is 24.6 Å². The summed E-state index contributed by atoms with van der Waals surface area (Å²) in [5.74, 6) is 0.480. The van der Waals surface area contributed by atoms with Crippen LogP contribution in [0.15, 0.2) is 42.5 Å². The number of pyridine rings is 1. The number of ether oxygens (including phenoxy) is 1. The molecule has 0 saturated heterocycles. The number of para-hydroxylation sites is 1. The highest BCUT2D eigenvalue weighted by molar-refractivity contribution is 5.94. The highest BCUT2D eigenvalue weighted by Gasteiger charge is 2.05. The molecule has 1 N–H and O–H groups in total. The van der Waals surface area contributed by atoms with Crippen LogP contribution in [0.3, 0.4) is 0 Å². The molecule has 0 saturated carbocycles. The first kappa shape index (κ1) is 13.1. The van der Waals surface area contributed by atoms with Gasteiger partial charge in [0, 0.05) is 17.9 Å². The standard InChI is InChI=1S/C15H15NO3/c1-10(2)12(17)8-9-19-14-7-6-11-4-3-5-13(18)15(11)16-14/h3-7,18H,1,8-9H2,2H3. The number of rotatable bonds is 5. The number of nitrogens with zero attached hydrogens (tertiary/aromatic N) is 1. The van der Waals surface area contributed by atoms with Gasteiger partial charge in [0.15, 0.2) is 5.78 Å². The number of carbonyl (C=O) groups is 1. The van der Waals surface area contributed by atoms with E-state index in [1.54, 1.807) is 25.1 Å². The lowest BCUT2D eigenvalue weighted by molar-refractivity contribution is -0.115. The molecule has 0 bridgehead atoms. The number of fused-ring (bicyclic) bond motifs is 1. The van der Waals surface area contributed by atoms with Crippen molar-refractivity contribution in [3.63, 3.8) is 0 Å².